The van der Waals surface area contributed by atoms with E-state index in [0.29, 0.717) is 6.42 Å². The molecule has 1 amide bonds. The molecule has 134 valence electrons. The SMILES string of the molecule is CCc1ccc([C@H](C)NC(=O)[C@H](CC)Oc2cc(C)ccc2C)cc1. The maximum absolute atomic E-state index is 12.6. The molecule has 2 aromatic carbocycles. The average Bonchev–Trinajstić information content (AvgIpc) is 2.62. The zero-order chi connectivity index (χ0) is 18.4. The Labute approximate surface area is 151 Å². The van der Waals surface area contributed by atoms with E-state index in [4.69, 9.17) is 4.74 Å². The van der Waals surface area contributed by atoms with E-state index >= 15 is 0 Å². The van der Waals surface area contributed by atoms with Gasteiger partial charge in [-0.3, -0.25) is 4.79 Å². The summed E-state index contributed by atoms with van der Waals surface area (Å²) in [5.41, 5.74) is 4.57. The number of carbonyl (C=O) groups excluding carboxylic acids is 1. The second kappa shape index (κ2) is 8.70. The molecule has 0 spiro atoms. The van der Waals surface area contributed by atoms with E-state index in [2.05, 4.69) is 36.5 Å². The summed E-state index contributed by atoms with van der Waals surface area (Å²) in [6, 6.07) is 14.4. The lowest BCUT2D eigenvalue weighted by Crippen LogP contribution is -2.39. The summed E-state index contributed by atoms with van der Waals surface area (Å²) in [5, 5.41) is 3.08. The van der Waals surface area contributed by atoms with Crippen molar-refractivity contribution in [2.45, 2.75) is 59.6 Å². The van der Waals surface area contributed by atoms with Gasteiger partial charge in [-0.2, -0.15) is 0 Å². The minimum absolute atomic E-state index is 0.0466. The molecule has 3 nitrogen and oxygen atoms in total. The quantitative estimate of drug-likeness (QED) is 0.779. The van der Waals surface area contributed by atoms with Crippen molar-refractivity contribution in [3.8, 4) is 5.75 Å². The summed E-state index contributed by atoms with van der Waals surface area (Å²) in [7, 11) is 0. The Balaban J connectivity index is 2.04. The predicted octanol–water partition coefficient (Wildman–Crippen LogP) is 4.90. The second-order valence-corrected chi connectivity index (χ2v) is 6.61. The van der Waals surface area contributed by atoms with Gasteiger partial charge in [0.1, 0.15) is 5.75 Å². The molecule has 0 radical (unpaired) electrons. The Morgan fingerprint density at radius 1 is 1.08 bits per heavy atom. The molecule has 2 aromatic rings. The lowest BCUT2D eigenvalue weighted by atomic mass is 10.0. The third-order valence-electron chi connectivity index (χ3n) is 4.52. The molecular formula is C22H29NO2. The van der Waals surface area contributed by atoms with Gasteiger partial charge in [0.2, 0.25) is 0 Å². The van der Waals surface area contributed by atoms with Crippen molar-refractivity contribution >= 4 is 5.91 Å². The molecule has 2 rings (SSSR count). The lowest BCUT2D eigenvalue weighted by molar-refractivity contribution is -0.128. The highest BCUT2D eigenvalue weighted by Gasteiger charge is 2.21. The van der Waals surface area contributed by atoms with Crippen LogP contribution in [0.15, 0.2) is 42.5 Å². The van der Waals surface area contributed by atoms with Crippen LogP contribution >= 0.6 is 0 Å². The first-order chi connectivity index (χ1) is 11.9. The van der Waals surface area contributed by atoms with E-state index in [1.807, 2.05) is 45.9 Å². The van der Waals surface area contributed by atoms with E-state index in [0.717, 1.165) is 28.9 Å². The smallest absolute Gasteiger partial charge is 0.261 e. The normalized spacial score (nSPS) is 13.2. The van der Waals surface area contributed by atoms with Crippen LogP contribution in [0, 0.1) is 13.8 Å². The Bertz CT molecular complexity index is 706. The molecule has 0 fully saturated rings. The topological polar surface area (TPSA) is 38.3 Å². The first-order valence-electron chi connectivity index (χ1n) is 9.07. The number of amides is 1. The van der Waals surface area contributed by atoms with Crippen LogP contribution in [0.4, 0.5) is 0 Å². The fourth-order valence-corrected chi connectivity index (χ4v) is 2.74. The largest absolute Gasteiger partial charge is 0.480 e. The predicted molar refractivity (Wildman–Crippen MR) is 103 cm³/mol. The fraction of sp³-hybridized carbons (Fsp3) is 0.409. The summed E-state index contributed by atoms with van der Waals surface area (Å²) >= 11 is 0. The lowest BCUT2D eigenvalue weighted by Gasteiger charge is -2.22. The first kappa shape index (κ1) is 19.0. The molecule has 0 heterocycles. The van der Waals surface area contributed by atoms with Gasteiger partial charge in [-0.25, -0.2) is 0 Å². The van der Waals surface area contributed by atoms with Crippen LogP contribution in [-0.4, -0.2) is 12.0 Å². The number of ether oxygens (including phenoxy) is 1. The third-order valence-corrected chi connectivity index (χ3v) is 4.52. The number of benzene rings is 2. The Morgan fingerprint density at radius 3 is 2.36 bits per heavy atom. The van der Waals surface area contributed by atoms with E-state index < -0.39 is 6.10 Å². The first-order valence-corrected chi connectivity index (χ1v) is 9.07. The van der Waals surface area contributed by atoms with Gasteiger partial charge in [-0.15, -0.1) is 0 Å². The zero-order valence-corrected chi connectivity index (χ0v) is 15.9. The Hall–Kier alpha value is -2.29. The highest BCUT2D eigenvalue weighted by Crippen LogP contribution is 2.22. The van der Waals surface area contributed by atoms with Gasteiger partial charge < -0.3 is 10.1 Å². The number of hydrogen-bond donors (Lipinski definition) is 1. The van der Waals surface area contributed by atoms with Crippen LogP contribution in [0.5, 0.6) is 5.75 Å². The van der Waals surface area contributed by atoms with E-state index in [1.54, 1.807) is 0 Å². The summed E-state index contributed by atoms with van der Waals surface area (Å²) < 4.78 is 6.00. The maximum Gasteiger partial charge on any atom is 0.261 e. The van der Waals surface area contributed by atoms with Crippen molar-refractivity contribution < 1.29 is 9.53 Å². The third kappa shape index (κ3) is 5.09. The molecule has 0 bridgehead atoms. The number of hydrogen-bond acceptors (Lipinski definition) is 2. The van der Waals surface area contributed by atoms with Crippen LogP contribution in [0.1, 0.15) is 55.5 Å². The van der Waals surface area contributed by atoms with Crippen molar-refractivity contribution in [1.29, 1.82) is 0 Å². The highest BCUT2D eigenvalue weighted by atomic mass is 16.5. The molecule has 0 aliphatic heterocycles. The minimum atomic E-state index is -0.488. The zero-order valence-electron chi connectivity index (χ0n) is 15.9. The molecule has 0 saturated heterocycles. The van der Waals surface area contributed by atoms with Crippen LogP contribution in [0.25, 0.3) is 0 Å². The van der Waals surface area contributed by atoms with Gasteiger partial charge in [0.25, 0.3) is 5.91 Å². The molecule has 1 N–H and O–H groups in total. The number of aryl methyl sites for hydroxylation is 3. The molecule has 0 unspecified atom stereocenters. The molecule has 25 heavy (non-hydrogen) atoms. The second-order valence-electron chi connectivity index (χ2n) is 6.61. The van der Waals surface area contributed by atoms with Crippen molar-refractivity contribution in [3.05, 3.63) is 64.7 Å². The van der Waals surface area contributed by atoms with Crippen LogP contribution < -0.4 is 10.1 Å². The van der Waals surface area contributed by atoms with Crippen LogP contribution in [0.2, 0.25) is 0 Å². The molecule has 3 heteroatoms. The van der Waals surface area contributed by atoms with Gasteiger partial charge in [-0.1, -0.05) is 50.2 Å². The molecule has 0 aliphatic carbocycles. The fourth-order valence-electron chi connectivity index (χ4n) is 2.74. The van der Waals surface area contributed by atoms with Crippen LogP contribution in [0.3, 0.4) is 0 Å². The highest BCUT2D eigenvalue weighted by molar-refractivity contribution is 5.81. The van der Waals surface area contributed by atoms with Crippen molar-refractivity contribution in [1.82, 2.24) is 5.32 Å². The Morgan fingerprint density at radius 2 is 1.76 bits per heavy atom. The average molecular weight is 339 g/mol. The number of rotatable bonds is 7. The van der Waals surface area contributed by atoms with Crippen LogP contribution in [-0.2, 0) is 11.2 Å². The van der Waals surface area contributed by atoms with Crippen molar-refractivity contribution in [3.63, 3.8) is 0 Å². The van der Waals surface area contributed by atoms with E-state index in [1.165, 1.54) is 5.56 Å². The van der Waals surface area contributed by atoms with Crippen molar-refractivity contribution in [2.75, 3.05) is 0 Å². The number of nitrogens with one attached hydrogen (secondary N) is 1. The summed E-state index contributed by atoms with van der Waals surface area (Å²) in [6.07, 6.45) is 1.15. The van der Waals surface area contributed by atoms with Gasteiger partial charge in [0.15, 0.2) is 6.10 Å². The number of carbonyl (C=O) groups is 1. The van der Waals surface area contributed by atoms with E-state index in [-0.39, 0.29) is 11.9 Å². The summed E-state index contributed by atoms with van der Waals surface area (Å²) in [6.45, 7) is 10.1. The van der Waals surface area contributed by atoms with Gasteiger partial charge in [0, 0.05) is 0 Å². The monoisotopic (exact) mass is 339 g/mol. The summed E-state index contributed by atoms with van der Waals surface area (Å²) in [4.78, 5) is 12.6. The minimum Gasteiger partial charge on any atom is -0.480 e. The molecule has 0 aliphatic rings. The molecule has 0 saturated carbocycles. The molecule has 2 atom stereocenters. The van der Waals surface area contributed by atoms with Gasteiger partial charge in [-0.05, 0) is 61.9 Å². The Kier molecular flexibility index (Phi) is 6.63. The van der Waals surface area contributed by atoms with Gasteiger partial charge in [0.05, 0.1) is 6.04 Å². The standard InChI is InChI=1S/C22H29NO2/c1-6-18-10-12-19(13-11-18)17(5)23-22(24)20(7-2)25-21-14-15(3)8-9-16(21)4/h8-14,17,20H,6-7H2,1-5H3,(H,23,24)/t17-,20-/m0/s1. The molecular weight excluding hydrogens is 310 g/mol. The van der Waals surface area contributed by atoms with Crippen molar-refractivity contribution in [2.24, 2.45) is 0 Å². The molecule has 0 aromatic heterocycles. The summed E-state index contributed by atoms with van der Waals surface area (Å²) in [5.74, 6) is 0.706. The van der Waals surface area contributed by atoms with Gasteiger partial charge >= 0.3 is 0 Å². The van der Waals surface area contributed by atoms with E-state index in [9.17, 15) is 4.79 Å². The maximum atomic E-state index is 12.6.